The molecule has 0 unspecified atom stereocenters. The van der Waals surface area contributed by atoms with Gasteiger partial charge in [0, 0.05) is 24.7 Å². The number of ether oxygens (including phenoxy) is 1. The second-order valence-corrected chi connectivity index (χ2v) is 5.74. The van der Waals surface area contributed by atoms with Crippen LogP contribution in [-0.4, -0.2) is 45.2 Å². The lowest BCUT2D eigenvalue weighted by Crippen LogP contribution is -2.26. The van der Waals surface area contributed by atoms with Crippen LogP contribution in [0, 0.1) is 11.8 Å². The fourth-order valence-electron chi connectivity index (χ4n) is 3.01. The molecule has 1 aromatic carbocycles. The summed E-state index contributed by atoms with van der Waals surface area (Å²) in [5.41, 5.74) is 0. The zero-order valence-electron chi connectivity index (χ0n) is 12.7. The summed E-state index contributed by atoms with van der Waals surface area (Å²) < 4.78 is 5.50. The van der Waals surface area contributed by atoms with Crippen LogP contribution in [0.25, 0.3) is 0 Å². The van der Waals surface area contributed by atoms with Gasteiger partial charge in [0.25, 0.3) is 0 Å². The molecule has 2 rings (SSSR count). The molecule has 0 amide bonds. The third-order valence-corrected chi connectivity index (χ3v) is 4.09. The maximum Gasteiger partial charge on any atom is 0.303 e. The molecule has 1 aliphatic carbocycles. The molecule has 0 heterocycles. The van der Waals surface area contributed by atoms with Crippen molar-refractivity contribution >= 4 is 5.97 Å². The van der Waals surface area contributed by atoms with Gasteiger partial charge in [-0.1, -0.05) is 18.2 Å². The van der Waals surface area contributed by atoms with Gasteiger partial charge in [0.05, 0.1) is 31.0 Å². The van der Waals surface area contributed by atoms with Gasteiger partial charge in [-0.15, -0.1) is 0 Å². The summed E-state index contributed by atoms with van der Waals surface area (Å²) >= 11 is 0. The second kappa shape index (κ2) is 7.99. The van der Waals surface area contributed by atoms with Crippen LogP contribution < -0.4 is 4.74 Å². The van der Waals surface area contributed by atoms with E-state index >= 15 is 0 Å². The van der Waals surface area contributed by atoms with Gasteiger partial charge in [-0.3, -0.25) is 4.79 Å². The van der Waals surface area contributed by atoms with Crippen LogP contribution in [0.4, 0.5) is 0 Å². The number of benzene rings is 1. The third-order valence-electron chi connectivity index (χ3n) is 4.09. The first-order chi connectivity index (χ1) is 11.0. The van der Waals surface area contributed by atoms with Crippen molar-refractivity contribution in [3.05, 3.63) is 42.2 Å². The molecule has 126 valence electrons. The standard InChI is InChI=1S/C17H22O6/c18-13(7-4-8-23-11-5-2-1-3-6-11)17-12(9-16(21)22)14(19)10-15(17)20/h1-3,5-7,12,14-15,17-20H,4,8-10H2,(H,21,22)/t12-,14-,15+,17-/m0/s1. The molecule has 0 spiro atoms. The lowest BCUT2D eigenvalue weighted by molar-refractivity contribution is -0.139. The summed E-state index contributed by atoms with van der Waals surface area (Å²) in [6, 6.07) is 9.24. The van der Waals surface area contributed by atoms with Gasteiger partial charge < -0.3 is 25.2 Å². The Kier molecular flexibility index (Phi) is 6.01. The van der Waals surface area contributed by atoms with Crippen molar-refractivity contribution in [1.82, 2.24) is 0 Å². The first-order valence-corrected chi connectivity index (χ1v) is 7.64. The fourth-order valence-corrected chi connectivity index (χ4v) is 3.01. The van der Waals surface area contributed by atoms with E-state index in [4.69, 9.17) is 9.84 Å². The van der Waals surface area contributed by atoms with Crippen molar-refractivity contribution < 1.29 is 30.0 Å². The van der Waals surface area contributed by atoms with E-state index in [1.54, 1.807) is 0 Å². The van der Waals surface area contributed by atoms with Crippen molar-refractivity contribution in [2.45, 2.75) is 31.5 Å². The van der Waals surface area contributed by atoms with E-state index in [9.17, 15) is 20.1 Å². The van der Waals surface area contributed by atoms with Crippen molar-refractivity contribution in [2.75, 3.05) is 6.61 Å². The predicted molar refractivity (Wildman–Crippen MR) is 83.1 cm³/mol. The minimum Gasteiger partial charge on any atom is -0.512 e. The van der Waals surface area contributed by atoms with E-state index in [1.165, 1.54) is 6.08 Å². The van der Waals surface area contributed by atoms with Crippen molar-refractivity contribution in [1.29, 1.82) is 0 Å². The lowest BCUT2D eigenvalue weighted by atomic mass is 9.88. The number of rotatable bonds is 7. The fraction of sp³-hybridized carbons (Fsp3) is 0.471. The molecule has 0 aromatic heterocycles. The van der Waals surface area contributed by atoms with Gasteiger partial charge in [0.1, 0.15) is 5.75 Å². The highest BCUT2D eigenvalue weighted by molar-refractivity contribution is 5.67. The first kappa shape index (κ1) is 17.3. The molecular formula is C17H22O6. The highest BCUT2D eigenvalue weighted by Gasteiger charge is 2.44. The monoisotopic (exact) mass is 322 g/mol. The van der Waals surface area contributed by atoms with Gasteiger partial charge in [-0.2, -0.15) is 0 Å². The maximum atomic E-state index is 10.9. The van der Waals surface area contributed by atoms with Gasteiger partial charge in [-0.25, -0.2) is 0 Å². The van der Waals surface area contributed by atoms with Crippen molar-refractivity contribution in [3.63, 3.8) is 0 Å². The molecule has 0 radical (unpaired) electrons. The molecule has 0 bridgehead atoms. The summed E-state index contributed by atoms with van der Waals surface area (Å²) in [7, 11) is 0. The highest BCUT2D eigenvalue weighted by Crippen LogP contribution is 2.38. The number of para-hydroxylation sites is 1. The average molecular weight is 322 g/mol. The molecule has 6 nitrogen and oxygen atoms in total. The van der Waals surface area contributed by atoms with Crippen LogP contribution >= 0.6 is 0 Å². The summed E-state index contributed by atoms with van der Waals surface area (Å²) in [6.45, 7) is 0.350. The number of aliphatic hydroxyl groups excluding tert-OH is 3. The number of hydrogen-bond donors (Lipinski definition) is 4. The van der Waals surface area contributed by atoms with Gasteiger partial charge >= 0.3 is 5.97 Å². The Bertz CT molecular complexity index is 541. The topological polar surface area (TPSA) is 107 Å². The van der Waals surface area contributed by atoms with E-state index < -0.39 is 30.0 Å². The maximum absolute atomic E-state index is 10.9. The van der Waals surface area contributed by atoms with Gasteiger partial charge in [0.15, 0.2) is 0 Å². The molecular weight excluding hydrogens is 300 g/mol. The zero-order valence-corrected chi connectivity index (χ0v) is 12.7. The molecule has 1 aromatic rings. The summed E-state index contributed by atoms with van der Waals surface area (Å²) in [5, 5.41) is 38.9. The Labute approximate surface area is 134 Å². The Morgan fingerprint density at radius 1 is 1.17 bits per heavy atom. The van der Waals surface area contributed by atoms with Gasteiger partial charge in [0.2, 0.25) is 0 Å². The van der Waals surface area contributed by atoms with E-state index in [-0.39, 0.29) is 18.6 Å². The second-order valence-electron chi connectivity index (χ2n) is 5.74. The molecule has 1 aliphatic rings. The van der Waals surface area contributed by atoms with Gasteiger partial charge in [-0.05, 0) is 18.2 Å². The van der Waals surface area contributed by atoms with Crippen LogP contribution in [-0.2, 0) is 4.79 Å². The summed E-state index contributed by atoms with van der Waals surface area (Å²) in [5.74, 6) is -1.86. The van der Waals surface area contributed by atoms with E-state index in [1.807, 2.05) is 30.3 Å². The molecule has 1 saturated carbocycles. The molecule has 6 heteroatoms. The van der Waals surface area contributed by atoms with Crippen LogP contribution in [0.1, 0.15) is 19.3 Å². The largest absolute Gasteiger partial charge is 0.512 e. The molecule has 0 saturated heterocycles. The van der Waals surface area contributed by atoms with Crippen molar-refractivity contribution in [2.24, 2.45) is 11.8 Å². The Morgan fingerprint density at radius 2 is 1.87 bits per heavy atom. The summed E-state index contributed by atoms with van der Waals surface area (Å²) in [4.78, 5) is 10.9. The molecule has 4 atom stereocenters. The average Bonchev–Trinajstić information content (AvgIpc) is 2.78. The van der Waals surface area contributed by atoms with Crippen LogP contribution in [0.15, 0.2) is 42.2 Å². The smallest absolute Gasteiger partial charge is 0.303 e. The zero-order chi connectivity index (χ0) is 16.8. The summed E-state index contributed by atoms with van der Waals surface area (Å²) in [6.07, 6.45) is -0.158. The van der Waals surface area contributed by atoms with Crippen LogP contribution in [0.2, 0.25) is 0 Å². The molecule has 1 fully saturated rings. The van der Waals surface area contributed by atoms with E-state index in [2.05, 4.69) is 0 Å². The molecule has 0 aliphatic heterocycles. The Balaban J connectivity index is 1.91. The molecule has 23 heavy (non-hydrogen) atoms. The minimum absolute atomic E-state index is 0.0705. The quantitative estimate of drug-likeness (QED) is 0.450. The number of hydrogen-bond acceptors (Lipinski definition) is 5. The van der Waals surface area contributed by atoms with E-state index in [0.29, 0.717) is 13.0 Å². The Hall–Kier alpha value is -2.05. The van der Waals surface area contributed by atoms with Crippen molar-refractivity contribution in [3.8, 4) is 5.75 Å². The number of aliphatic hydroxyl groups is 3. The first-order valence-electron chi connectivity index (χ1n) is 7.64. The number of aliphatic carboxylic acids is 1. The third kappa shape index (κ3) is 4.71. The predicted octanol–water partition coefficient (Wildman–Crippen LogP) is 1.73. The number of carboxylic acid groups (broad SMARTS) is 1. The number of carboxylic acids is 1. The highest BCUT2D eigenvalue weighted by atomic mass is 16.5. The molecule has 4 N–H and O–H groups in total. The van der Waals surface area contributed by atoms with E-state index in [0.717, 1.165) is 5.75 Å². The number of carbonyl (C=O) groups is 1. The SMILES string of the molecule is O=C(O)C[C@@H]1[C@@H](C(O)=CCCOc2ccccc2)[C@H](O)C[C@@H]1O. The minimum atomic E-state index is -1.06. The lowest BCUT2D eigenvalue weighted by Gasteiger charge is -2.21. The van der Waals surface area contributed by atoms with Crippen LogP contribution in [0.3, 0.4) is 0 Å². The Morgan fingerprint density at radius 3 is 2.52 bits per heavy atom. The normalized spacial score (nSPS) is 27.8. The van der Waals surface area contributed by atoms with Crippen LogP contribution in [0.5, 0.6) is 5.75 Å².